The predicted octanol–water partition coefficient (Wildman–Crippen LogP) is 2.13. The third-order valence-corrected chi connectivity index (χ3v) is 3.28. The minimum absolute atomic E-state index is 0.0651. The fourth-order valence-corrected chi connectivity index (χ4v) is 2.04. The first-order chi connectivity index (χ1) is 9.65. The first kappa shape index (κ1) is 18.9. The van der Waals surface area contributed by atoms with Crippen molar-refractivity contribution in [2.45, 2.75) is 70.8 Å². The lowest BCUT2D eigenvalue weighted by Gasteiger charge is -2.16. The van der Waals surface area contributed by atoms with Crippen LogP contribution < -0.4 is 11.1 Å². The van der Waals surface area contributed by atoms with Gasteiger partial charge >= 0.3 is 5.97 Å². The molecule has 0 spiro atoms. The highest BCUT2D eigenvalue weighted by atomic mass is 16.5. The van der Waals surface area contributed by atoms with E-state index in [2.05, 4.69) is 12.2 Å². The Kier molecular flexibility index (Phi) is 12.2. The van der Waals surface area contributed by atoms with Crippen LogP contribution in [0.5, 0.6) is 0 Å². The molecule has 5 nitrogen and oxygen atoms in total. The van der Waals surface area contributed by atoms with E-state index in [-0.39, 0.29) is 11.9 Å². The summed E-state index contributed by atoms with van der Waals surface area (Å²) < 4.78 is 4.72. The maximum Gasteiger partial charge on any atom is 0.328 e. The zero-order valence-corrected chi connectivity index (χ0v) is 13.0. The Morgan fingerprint density at radius 1 is 1.10 bits per heavy atom. The number of nitrogens with one attached hydrogen (secondary N) is 1. The number of unbranched alkanes of at least 4 members (excludes halogenated alkanes) is 5. The van der Waals surface area contributed by atoms with Gasteiger partial charge in [-0.05, 0) is 32.2 Å². The van der Waals surface area contributed by atoms with E-state index in [1.165, 1.54) is 26.4 Å². The smallest absolute Gasteiger partial charge is 0.328 e. The van der Waals surface area contributed by atoms with Crippen LogP contribution in [0, 0.1) is 0 Å². The minimum atomic E-state index is -0.533. The second-order valence-corrected chi connectivity index (χ2v) is 5.09. The Morgan fingerprint density at radius 3 is 2.40 bits per heavy atom. The highest BCUT2D eigenvalue weighted by Gasteiger charge is 2.20. The number of ether oxygens (including phenoxy) is 1. The first-order valence-corrected chi connectivity index (χ1v) is 7.73. The second kappa shape index (κ2) is 12.9. The number of amides is 1. The molecule has 0 aliphatic heterocycles. The molecule has 0 aliphatic carbocycles. The van der Waals surface area contributed by atoms with Gasteiger partial charge in [0.05, 0.1) is 7.11 Å². The van der Waals surface area contributed by atoms with Crippen molar-refractivity contribution in [1.29, 1.82) is 0 Å². The fourth-order valence-electron chi connectivity index (χ4n) is 2.04. The summed E-state index contributed by atoms with van der Waals surface area (Å²) in [6.45, 7) is 2.76. The summed E-state index contributed by atoms with van der Waals surface area (Å²) in [5.41, 5.74) is 5.43. The SMILES string of the molecule is CCCCCCCC(=O)N[C@@H](CCCCN)C(=O)OC. The molecule has 118 valence electrons. The van der Waals surface area contributed by atoms with Gasteiger partial charge in [-0.3, -0.25) is 4.79 Å². The first-order valence-electron chi connectivity index (χ1n) is 7.73. The molecule has 0 aromatic carbocycles. The van der Waals surface area contributed by atoms with Crippen molar-refractivity contribution < 1.29 is 14.3 Å². The van der Waals surface area contributed by atoms with E-state index in [9.17, 15) is 9.59 Å². The van der Waals surface area contributed by atoms with Gasteiger partial charge in [-0.2, -0.15) is 0 Å². The number of hydrogen-bond donors (Lipinski definition) is 2. The van der Waals surface area contributed by atoms with Crippen LogP contribution in [0.4, 0.5) is 0 Å². The van der Waals surface area contributed by atoms with Gasteiger partial charge in [0.1, 0.15) is 6.04 Å². The average Bonchev–Trinajstić information content (AvgIpc) is 2.45. The van der Waals surface area contributed by atoms with E-state index < -0.39 is 6.04 Å². The molecule has 20 heavy (non-hydrogen) atoms. The van der Waals surface area contributed by atoms with Gasteiger partial charge in [0, 0.05) is 6.42 Å². The number of carbonyl (C=O) groups is 2. The van der Waals surface area contributed by atoms with E-state index in [1.807, 2.05) is 0 Å². The Balaban J connectivity index is 3.95. The zero-order chi connectivity index (χ0) is 15.2. The van der Waals surface area contributed by atoms with Crippen molar-refractivity contribution >= 4 is 11.9 Å². The van der Waals surface area contributed by atoms with Crippen LogP contribution in [0.2, 0.25) is 0 Å². The summed E-state index contributed by atoms with van der Waals surface area (Å²) in [5, 5.41) is 2.76. The van der Waals surface area contributed by atoms with Crippen molar-refractivity contribution in [1.82, 2.24) is 5.32 Å². The van der Waals surface area contributed by atoms with Crippen LogP contribution in [0.15, 0.2) is 0 Å². The van der Waals surface area contributed by atoms with Crippen molar-refractivity contribution in [3.05, 3.63) is 0 Å². The largest absolute Gasteiger partial charge is 0.467 e. The van der Waals surface area contributed by atoms with Crippen LogP contribution >= 0.6 is 0 Å². The lowest BCUT2D eigenvalue weighted by Crippen LogP contribution is -2.41. The highest BCUT2D eigenvalue weighted by molar-refractivity contribution is 5.84. The molecule has 0 radical (unpaired) electrons. The second-order valence-electron chi connectivity index (χ2n) is 5.09. The van der Waals surface area contributed by atoms with Crippen LogP contribution in [0.25, 0.3) is 0 Å². The maximum atomic E-state index is 11.8. The van der Waals surface area contributed by atoms with E-state index in [4.69, 9.17) is 10.5 Å². The summed E-state index contributed by atoms with van der Waals surface area (Å²) in [7, 11) is 1.34. The molecular formula is C15H30N2O3. The van der Waals surface area contributed by atoms with Crippen molar-refractivity contribution in [2.24, 2.45) is 5.73 Å². The number of hydrogen-bond acceptors (Lipinski definition) is 4. The van der Waals surface area contributed by atoms with Gasteiger partial charge in [-0.15, -0.1) is 0 Å². The summed E-state index contributed by atoms with van der Waals surface area (Å²) in [5.74, 6) is -0.439. The minimum Gasteiger partial charge on any atom is -0.467 e. The molecule has 0 saturated carbocycles. The number of rotatable bonds is 12. The van der Waals surface area contributed by atoms with Gasteiger partial charge in [-0.1, -0.05) is 32.6 Å². The lowest BCUT2D eigenvalue weighted by atomic mass is 10.1. The zero-order valence-electron chi connectivity index (χ0n) is 13.0. The summed E-state index contributed by atoms with van der Waals surface area (Å²) >= 11 is 0. The number of methoxy groups -OCH3 is 1. The molecule has 0 fully saturated rings. The highest BCUT2D eigenvalue weighted by Crippen LogP contribution is 2.07. The Labute approximate surface area is 122 Å². The lowest BCUT2D eigenvalue weighted by molar-refractivity contribution is -0.145. The average molecular weight is 286 g/mol. The monoisotopic (exact) mass is 286 g/mol. The van der Waals surface area contributed by atoms with Crippen molar-refractivity contribution in [2.75, 3.05) is 13.7 Å². The van der Waals surface area contributed by atoms with E-state index >= 15 is 0 Å². The standard InChI is InChI=1S/C15H30N2O3/c1-3-4-5-6-7-11-14(18)17-13(15(19)20-2)10-8-9-12-16/h13H,3-12,16H2,1-2H3,(H,17,18)/t13-/m0/s1. The molecule has 1 atom stereocenters. The third-order valence-electron chi connectivity index (χ3n) is 3.28. The van der Waals surface area contributed by atoms with E-state index in [0.29, 0.717) is 19.4 Å². The van der Waals surface area contributed by atoms with Crippen LogP contribution in [0.3, 0.4) is 0 Å². The van der Waals surface area contributed by atoms with Gasteiger partial charge in [-0.25, -0.2) is 4.79 Å². The topological polar surface area (TPSA) is 81.4 Å². The van der Waals surface area contributed by atoms with Crippen LogP contribution in [0.1, 0.15) is 64.7 Å². The number of carbonyl (C=O) groups excluding carboxylic acids is 2. The molecule has 3 N–H and O–H groups in total. The van der Waals surface area contributed by atoms with Crippen LogP contribution in [-0.4, -0.2) is 31.6 Å². The molecule has 0 heterocycles. The molecule has 1 amide bonds. The number of esters is 1. The third kappa shape index (κ3) is 9.78. The molecule has 0 saturated heterocycles. The molecule has 0 aliphatic rings. The van der Waals surface area contributed by atoms with E-state index in [0.717, 1.165) is 25.7 Å². The van der Waals surface area contributed by atoms with Gasteiger partial charge in [0.25, 0.3) is 0 Å². The summed E-state index contributed by atoms with van der Waals surface area (Å²) in [6.07, 6.45) is 8.25. The predicted molar refractivity (Wildman–Crippen MR) is 80.2 cm³/mol. The van der Waals surface area contributed by atoms with Crippen LogP contribution in [-0.2, 0) is 14.3 Å². The Morgan fingerprint density at radius 2 is 1.80 bits per heavy atom. The van der Waals surface area contributed by atoms with E-state index in [1.54, 1.807) is 0 Å². The molecule has 0 unspecified atom stereocenters. The van der Waals surface area contributed by atoms with Crippen molar-refractivity contribution in [3.63, 3.8) is 0 Å². The van der Waals surface area contributed by atoms with Crippen molar-refractivity contribution in [3.8, 4) is 0 Å². The molecule has 0 rings (SSSR count). The van der Waals surface area contributed by atoms with Gasteiger partial charge in [0.2, 0.25) is 5.91 Å². The summed E-state index contributed by atoms with van der Waals surface area (Å²) in [4.78, 5) is 23.4. The van der Waals surface area contributed by atoms with Gasteiger partial charge < -0.3 is 15.8 Å². The Bertz CT molecular complexity index is 270. The molecule has 0 aromatic heterocycles. The maximum absolute atomic E-state index is 11.8. The number of nitrogens with two attached hydrogens (primary N) is 1. The molecule has 5 heteroatoms. The normalized spacial score (nSPS) is 11.9. The molecule has 0 bridgehead atoms. The molecule has 0 aromatic rings. The fraction of sp³-hybridized carbons (Fsp3) is 0.867. The quantitative estimate of drug-likeness (QED) is 0.425. The van der Waals surface area contributed by atoms with Gasteiger partial charge in [0.15, 0.2) is 0 Å². The summed E-state index contributed by atoms with van der Waals surface area (Å²) in [6, 6.07) is -0.533. The Hall–Kier alpha value is -1.10. The molecular weight excluding hydrogens is 256 g/mol.